The zero-order valence-electron chi connectivity index (χ0n) is 18.2. The third-order valence-corrected chi connectivity index (χ3v) is 7.41. The number of rotatable bonds is 7. The number of anilines is 1. The lowest BCUT2D eigenvalue weighted by Gasteiger charge is -2.31. The number of piperidine rings is 1. The fourth-order valence-corrected chi connectivity index (χ4v) is 5.35. The molecule has 1 N–H and O–H groups in total. The largest absolute Gasteiger partial charge is 0.339 e. The smallest absolute Gasteiger partial charge is 0.275 e. The van der Waals surface area contributed by atoms with E-state index < -0.39 is 17.5 Å². The maximum atomic E-state index is 13.4. The fourth-order valence-electron chi connectivity index (χ4n) is 3.65. The van der Waals surface area contributed by atoms with E-state index in [1.807, 2.05) is 4.90 Å². The number of carbonyl (C=O) groups excluding carboxylic acids is 2. The van der Waals surface area contributed by atoms with E-state index in [9.17, 15) is 18.4 Å². The van der Waals surface area contributed by atoms with Gasteiger partial charge >= 0.3 is 0 Å². The molecule has 6 nitrogen and oxygen atoms in total. The highest BCUT2D eigenvalue weighted by Gasteiger charge is 2.28. The van der Waals surface area contributed by atoms with Gasteiger partial charge in [-0.15, -0.1) is 29.7 Å². The van der Waals surface area contributed by atoms with Gasteiger partial charge in [-0.05, 0) is 37.1 Å². The second-order valence-electron chi connectivity index (χ2n) is 7.68. The Hall–Kier alpha value is -3.11. The van der Waals surface area contributed by atoms with Gasteiger partial charge in [0, 0.05) is 48.1 Å². The number of nitrogens with one attached hydrogen (secondary N) is 1. The second kappa shape index (κ2) is 10.9. The van der Waals surface area contributed by atoms with E-state index in [0.29, 0.717) is 29.4 Å². The molecule has 1 aromatic carbocycles. The first-order valence-electron chi connectivity index (χ1n) is 10.7. The minimum absolute atomic E-state index is 0.0381. The second-order valence-corrected chi connectivity index (χ2v) is 9.57. The summed E-state index contributed by atoms with van der Waals surface area (Å²) in [6.07, 6.45) is 4.93. The maximum absolute atomic E-state index is 13.4. The predicted octanol–water partition coefficient (Wildman–Crippen LogP) is 5.37. The molecule has 0 spiro atoms. The maximum Gasteiger partial charge on any atom is 0.275 e. The number of amides is 2. The van der Waals surface area contributed by atoms with Crippen LogP contribution in [0, 0.1) is 11.6 Å². The standard InChI is InChI=1S/C24H22F2N4O2S2/c1-2-12-33-23-17(4-3-9-27-23)24(32)30-10-7-15(8-11-30)22-29-20(14-34-22)21(31)28-16-5-6-18(25)19(26)13-16/h2-6,9,13-15H,1,7-8,10-12H2,(H,28,31). The molecule has 1 fully saturated rings. The average Bonchev–Trinajstić information content (AvgIpc) is 3.35. The number of thioether (sulfide) groups is 1. The van der Waals surface area contributed by atoms with Crippen molar-refractivity contribution in [2.45, 2.75) is 23.8 Å². The van der Waals surface area contributed by atoms with E-state index in [4.69, 9.17) is 0 Å². The summed E-state index contributed by atoms with van der Waals surface area (Å²) in [4.78, 5) is 36.2. The van der Waals surface area contributed by atoms with E-state index in [1.54, 1.807) is 29.8 Å². The van der Waals surface area contributed by atoms with Crippen molar-refractivity contribution in [3.63, 3.8) is 0 Å². The summed E-state index contributed by atoms with van der Waals surface area (Å²) in [6.45, 7) is 4.88. The highest BCUT2D eigenvalue weighted by molar-refractivity contribution is 7.99. The summed E-state index contributed by atoms with van der Waals surface area (Å²) in [5.41, 5.74) is 0.979. The van der Waals surface area contributed by atoms with Crippen molar-refractivity contribution in [3.8, 4) is 0 Å². The first-order chi connectivity index (χ1) is 16.5. The van der Waals surface area contributed by atoms with Gasteiger partial charge in [-0.3, -0.25) is 9.59 Å². The van der Waals surface area contributed by atoms with Crippen LogP contribution in [-0.2, 0) is 0 Å². The zero-order chi connectivity index (χ0) is 24.1. The normalized spacial score (nSPS) is 14.1. The van der Waals surface area contributed by atoms with Crippen LogP contribution in [0.2, 0.25) is 0 Å². The van der Waals surface area contributed by atoms with Gasteiger partial charge < -0.3 is 10.2 Å². The average molecular weight is 501 g/mol. The molecule has 2 aromatic heterocycles. The molecule has 0 bridgehead atoms. The summed E-state index contributed by atoms with van der Waals surface area (Å²) in [6, 6.07) is 6.74. The van der Waals surface area contributed by atoms with Crippen LogP contribution in [0.5, 0.6) is 0 Å². The molecule has 4 rings (SSSR count). The van der Waals surface area contributed by atoms with Gasteiger partial charge in [-0.2, -0.15) is 0 Å². The van der Waals surface area contributed by atoms with E-state index in [2.05, 4.69) is 21.9 Å². The molecule has 3 aromatic rings. The van der Waals surface area contributed by atoms with Crippen LogP contribution in [0.3, 0.4) is 0 Å². The molecule has 0 aliphatic carbocycles. The van der Waals surface area contributed by atoms with Crippen LogP contribution in [-0.4, -0.2) is 45.5 Å². The first-order valence-corrected chi connectivity index (χ1v) is 12.5. The van der Waals surface area contributed by atoms with Crippen molar-refractivity contribution in [1.29, 1.82) is 0 Å². The van der Waals surface area contributed by atoms with Crippen molar-refractivity contribution in [2.24, 2.45) is 0 Å². The van der Waals surface area contributed by atoms with Crippen molar-refractivity contribution in [2.75, 3.05) is 24.2 Å². The molecule has 176 valence electrons. The Morgan fingerprint density at radius 2 is 2.03 bits per heavy atom. The Kier molecular flexibility index (Phi) is 7.69. The Morgan fingerprint density at radius 1 is 1.24 bits per heavy atom. The van der Waals surface area contributed by atoms with Gasteiger partial charge in [-0.1, -0.05) is 6.08 Å². The Balaban J connectivity index is 1.36. The van der Waals surface area contributed by atoms with Gasteiger partial charge in [0.05, 0.1) is 10.6 Å². The molecule has 34 heavy (non-hydrogen) atoms. The predicted molar refractivity (Wildman–Crippen MR) is 129 cm³/mol. The van der Waals surface area contributed by atoms with Crippen molar-refractivity contribution in [1.82, 2.24) is 14.9 Å². The van der Waals surface area contributed by atoms with Crippen LogP contribution in [0.25, 0.3) is 0 Å². The summed E-state index contributed by atoms with van der Waals surface area (Å²) >= 11 is 2.87. The van der Waals surface area contributed by atoms with Crippen molar-refractivity contribution >= 4 is 40.6 Å². The zero-order valence-corrected chi connectivity index (χ0v) is 19.8. The van der Waals surface area contributed by atoms with Crippen LogP contribution < -0.4 is 5.32 Å². The fraction of sp³-hybridized carbons (Fsp3) is 0.250. The van der Waals surface area contributed by atoms with E-state index >= 15 is 0 Å². The van der Waals surface area contributed by atoms with Crippen LogP contribution >= 0.6 is 23.1 Å². The molecule has 0 atom stereocenters. The number of pyridine rings is 1. The number of hydrogen-bond donors (Lipinski definition) is 1. The van der Waals surface area contributed by atoms with Gasteiger partial charge in [0.1, 0.15) is 10.7 Å². The van der Waals surface area contributed by atoms with Crippen LogP contribution in [0.15, 0.2) is 59.6 Å². The molecule has 10 heteroatoms. The Morgan fingerprint density at radius 3 is 2.76 bits per heavy atom. The lowest BCUT2D eigenvalue weighted by Crippen LogP contribution is -2.38. The molecule has 0 radical (unpaired) electrons. The highest BCUT2D eigenvalue weighted by Crippen LogP contribution is 2.32. The molecule has 1 aliphatic heterocycles. The molecule has 0 saturated carbocycles. The molecule has 1 saturated heterocycles. The molecular formula is C24H22F2N4O2S2. The minimum atomic E-state index is -1.03. The van der Waals surface area contributed by atoms with Crippen LogP contribution in [0.1, 0.15) is 44.6 Å². The Bertz CT molecular complexity index is 1210. The number of nitrogens with zero attached hydrogens (tertiary/aromatic N) is 3. The van der Waals surface area contributed by atoms with E-state index in [-0.39, 0.29) is 23.2 Å². The molecule has 2 amide bonds. The highest BCUT2D eigenvalue weighted by atomic mass is 32.2. The van der Waals surface area contributed by atoms with E-state index in [0.717, 1.165) is 30.0 Å². The van der Waals surface area contributed by atoms with Crippen molar-refractivity contribution in [3.05, 3.63) is 82.5 Å². The Labute approximate surface area is 204 Å². The summed E-state index contributed by atoms with van der Waals surface area (Å²) < 4.78 is 26.5. The monoisotopic (exact) mass is 500 g/mol. The van der Waals surface area contributed by atoms with E-state index in [1.165, 1.54) is 29.2 Å². The quantitative estimate of drug-likeness (QED) is 0.349. The van der Waals surface area contributed by atoms with Gasteiger partial charge in [0.15, 0.2) is 11.6 Å². The number of aromatic nitrogens is 2. The minimum Gasteiger partial charge on any atom is -0.339 e. The summed E-state index contributed by atoms with van der Waals surface area (Å²) in [5.74, 6) is -1.71. The molecular weight excluding hydrogens is 478 g/mol. The number of hydrogen-bond acceptors (Lipinski definition) is 6. The van der Waals surface area contributed by atoms with Crippen LogP contribution in [0.4, 0.5) is 14.5 Å². The SMILES string of the molecule is C=CCSc1ncccc1C(=O)N1CCC(c2nc(C(=O)Nc3ccc(F)c(F)c3)cs2)CC1. The molecule has 3 heterocycles. The van der Waals surface area contributed by atoms with Gasteiger partial charge in [-0.25, -0.2) is 18.7 Å². The number of benzene rings is 1. The summed E-state index contributed by atoms with van der Waals surface area (Å²) in [7, 11) is 0. The lowest BCUT2D eigenvalue weighted by molar-refractivity contribution is 0.0708. The molecule has 0 unspecified atom stereocenters. The third kappa shape index (κ3) is 5.51. The first kappa shape index (κ1) is 24.0. The van der Waals surface area contributed by atoms with Gasteiger partial charge in [0.2, 0.25) is 0 Å². The number of carbonyl (C=O) groups is 2. The number of likely N-dealkylation sites (tertiary alicyclic amines) is 1. The third-order valence-electron chi connectivity index (χ3n) is 5.40. The van der Waals surface area contributed by atoms with Crippen molar-refractivity contribution < 1.29 is 18.4 Å². The summed E-state index contributed by atoms with van der Waals surface area (Å²) in [5, 5.41) is 5.71. The number of thiazole rings is 1. The number of halogens is 2. The molecule has 1 aliphatic rings. The lowest BCUT2D eigenvalue weighted by atomic mass is 9.97. The van der Waals surface area contributed by atoms with Gasteiger partial charge in [0.25, 0.3) is 11.8 Å². The topological polar surface area (TPSA) is 75.2 Å².